The summed E-state index contributed by atoms with van der Waals surface area (Å²) in [6.07, 6.45) is 18.7. The van der Waals surface area contributed by atoms with Crippen molar-refractivity contribution in [2.24, 2.45) is 5.92 Å². The van der Waals surface area contributed by atoms with E-state index in [2.05, 4.69) is 162 Å². The van der Waals surface area contributed by atoms with Crippen LogP contribution in [0.1, 0.15) is 68.1 Å². The van der Waals surface area contributed by atoms with E-state index >= 15 is 0 Å². The third kappa shape index (κ3) is 5.23. The van der Waals surface area contributed by atoms with Crippen LogP contribution in [0.2, 0.25) is 0 Å². The number of fused-ring (bicyclic) bond motifs is 6. The van der Waals surface area contributed by atoms with Gasteiger partial charge in [0.2, 0.25) is 0 Å². The number of rotatable bonds is 5. The van der Waals surface area contributed by atoms with Crippen LogP contribution in [0.4, 0.5) is 5.69 Å². The number of hydrogen-bond acceptors (Lipinski definition) is 2. The van der Waals surface area contributed by atoms with Gasteiger partial charge in [-0.2, -0.15) is 5.26 Å². The highest BCUT2D eigenvalue weighted by Gasteiger charge is 2.41. The minimum Gasteiger partial charge on any atom is -0.364 e. The van der Waals surface area contributed by atoms with E-state index in [0.29, 0.717) is 29.5 Å². The zero-order valence-corrected chi connectivity index (χ0v) is 30.3. The molecule has 258 valence electrons. The molecule has 3 nitrogen and oxygen atoms in total. The molecule has 0 saturated heterocycles. The quantitative estimate of drug-likeness (QED) is 0.169. The van der Waals surface area contributed by atoms with Gasteiger partial charge in [-0.1, -0.05) is 116 Å². The van der Waals surface area contributed by atoms with E-state index in [0.717, 1.165) is 42.3 Å². The standard InChI is InChI=1S/C50H43N3/c1-33-13-11-16-37(29-33)52-47-24-10-9-21-42(47)43-27-26-35(31-49(43)52)38-17-5-6-18-39(38)40-19-7-8-20-41(40)44-22-12-23-45-46-30-34(32-51)25-28-48(46)53(50(44)45)36-14-3-2-4-15-36/h2-9,11,13-15,17-21,23,25-28,30-31,33,37,42,47H,10,12,16,22,24,29H2,1H3. The second kappa shape index (κ2) is 13.0. The summed E-state index contributed by atoms with van der Waals surface area (Å²) in [7, 11) is 0. The van der Waals surface area contributed by atoms with Crippen LogP contribution in [0.3, 0.4) is 0 Å². The summed E-state index contributed by atoms with van der Waals surface area (Å²) in [5, 5.41) is 13.5. The van der Waals surface area contributed by atoms with Crippen LogP contribution in [-0.2, 0) is 0 Å². The molecule has 0 spiro atoms. The molecule has 0 bridgehead atoms. The van der Waals surface area contributed by atoms with Crippen molar-refractivity contribution in [3.05, 3.63) is 167 Å². The number of anilines is 1. The van der Waals surface area contributed by atoms with Crippen LogP contribution in [0.25, 0.3) is 50.5 Å². The predicted octanol–water partition coefficient (Wildman–Crippen LogP) is 10.6. The van der Waals surface area contributed by atoms with Crippen molar-refractivity contribution >= 4 is 28.2 Å². The lowest BCUT2D eigenvalue weighted by atomic mass is 9.85. The molecule has 0 fully saturated rings. The molecule has 3 heteroatoms. The molecular weight excluding hydrogens is 643 g/mol. The van der Waals surface area contributed by atoms with Crippen LogP contribution in [0, 0.1) is 17.2 Å². The number of allylic oxidation sites excluding steroid dienone is 2. The van der Waals surface area contributed by atoms with Gasteiger partial charge in [0, 0.05) is 40.0 Å². The Morgan fingerprint density at radius 1 is 0.736 bits per heavy atom. The normalized spacial score (nSPS) is 21.5. The molecule has 0 saturated carbocycles. The van der Waals surface area contributed by atoms with Gasteiger partial charge in [0.05, 0.1) is 22.5 Å². The molecule has 0 amide bonds. The van der Waals surface area contributed by atoms with Crippen molar-refractivity contribution < 1.29 is 0 Å². The van der Waals surface area contributed by atoms with Crippen LogP contribution in [-0.4, -0.2) is 16.7 Å². The first-order valence-corrected chi connectivity index (χ1v) is 19.5. The Kier molecular flexibility index (Phi) is 7.80. The van der Waals surface area contributed by atoms with E-state index in [4.69, 9.17) is 0 Å². The molecule has 3 aliphatic carbocycles. The van der Waals surface area contributed by atoms with Crippen molar-refractivity contribution in [2.75, 3.05) is 4.90 Å². The predicted molar refractivity (Wildman–Crippen MR) is 219 cm³/mol. The van der Waals surface area contributed by atoms with Gasteiger partial charge in [0.25, 0.3) is 0 Å². The third-order valence-corrected chi connectivity index (χ3v) is 12.3. The third-order valence-electron chi connectivity index (χ3n) is 12.3. The lowest BCUT2D eigenvalue weighted by Crippen LogP contribution is -2.44. The lowest BCUT2D eigenvalue weighted by molar-refractivity contribution is 0.417. The number of hydrogen-bond donors (Lipinski definition) is 0. The second-order valence-corrected chi connectivity index (χ2v) is 15.4. The maximum atomic E-state index is 9.85. The number of nitriles is 1. The number of para-hydroxylation sites is 1. The summed E-state index contributed by atoms with van der Waals surface area (Å²) in [5.74, 6) is 1.08. The summed E-state index contributed by atoms with van der Waals surface area (Å²) in [6, 6.07) is 45.7. The molecule has 1 aliphatic heterocycles. The van der Waals surface area contributed by atoms with E-state index < -0.39 is 0 Å². The average Bonchev–Trinajstić information content (AvgIpc) is 3.73. The zero-order chi connectivity index (χ0) is 35.5. The van der Waals surface area contributed by atoms with Gasteiger partial charge in [-0.05, 0) is 120 Å². The van der Waals surface area contributed by atoms with Gasteiger partial charge in [0.1, 0.15) is 0 Å². The molecule has 4 atom stereocenters. The highest BCUT2D eigenvalue weighted by atomic mass is 15.2. The number of aromatic nitrogens is 1. The molecule has 4 aliphatic rings. The van der Waals surface area contributed by atoms with Gasteiger partial charge in [-0.3, -0.25) is 0 Å². The van der Waals surface area contributed by atoms with Crippen LogP contribution < -0.4 is 15.5 Å². The van der Waals surface area contributed by atoms with E-state index in [1.807, 2.05) is 6.07 Å². The number of benzene rings is 5. The van der Waals surface area contributed by atoms with Crippen molar-refractivity contribution in [3.8, 4) is 34.0 Å². The largest absolute Gasteiger partial charge is 0.364 e. The minimum absolute atomic E-state index is 0.472. The van der Waals surface area contributed by atoms with E-state index in [1.54, 1.807) is 0 Å². The van der Waals surface area contributed by atoms with Crippen LogP contribution in [0.5, 0.6) is 0 Å². The molecule has 6 aromatic rings. The topological polar surface area (TPSA) is 32.0 Å². The zero-order valence-electron chi connectivity index (χ0n) is 30.3. The first-order chi connectivity index (χ1) is 26.2. The van der Waals surface area contributed by atoms with E-state index in [-0.39, 0.29) is 0 Å². The van der Waals surface area contributed by atoms with E-state index in [1.165, 1.54) is 68.1 Å². The summed E-state index contributed by atoms with van der Waals surface area (Å²) in [4.78, 5) is 2.83. The molecule has 2 heterocycles. The number of nitrogens with zero attached hydrogens (tertiary/aromatic N) is 3. The van der Waals surface area contributed by atoms with E-state index in [9.17, 15) is 5.26 Å². The molecule has 4 unspecified atom stereocenters. The van der Waals surface area contributed by atoms with Gasteiger partial charge in [0.15, 0.2) is 0 Å². The summed E-state index contributed by atoms with van der Waals surface area (Å²) in [5.41, 5.74) is 13.6. The van der Waals surface area contributed by atoms with Gasteiger partial charge in [-0.25, -0.2) is 0 Å². The Morgan fingerprint density at radius 3 is 2.32 bits per heavy atom. The molecule has 10 rings (SSSR count). The Morgan fingerprint density at radius 2 is 1.51 bits per heavy atom. The smallest absolute Gasteiger partial charge is 0.0991 e. The van der Waals surface area contributed by atoms with Crippen molar-refractivity contribution in [3.63, 3.8) is 0 Å². The van der Waals surface area contributed by atoms with Gasteiger partial charge in [-0.15, -0.1) is 0 Å². The molecule has 1 aromatic heterocycles. The highest BCUT2D eigenvalue weighted by molar-refractivity contribution is 5.93. The van der Waals surface area contributed by atoms with Crippen LogP contribution >= 0.6 is 0 Å². The van der Waals surface area contributed by atoms with Gasteiger partial charge < -0.3 is 9.47 Å². The van der Waals surface area contributed by atoms with Crippen molar-refractivity contribution in [1.29, 1.82) is 5.26 Å². The van der Waals surface area contributed by atoms with Crippen molar-refractivity contribution in [2.45, 2.75) is 63.5 Å². The van der Waals surface area contributed by atoms with Crippen LogP contribution in [0.15, 0.2) is 140 Å². The summed E-state index contributed by atoms with van der Waals surface area (Å²) in [6.45, 7) is 2.37. The fourth-order valence-corrected chi connectivity index (χ4v) is 10.0. The molecule has 53 heavy (non-hydrogen) atoms. The Bertz CT molecular complexity index is 2630. The van der Waals surface area contributed by atoms with Gasteiger partial charge >= 0.3 is 0 Å². The molecule has 0 N–H and O–H groups in total. The summed E-state index contributed by atoms with van der Waals surface area (Å²) < 4.78 is 2.42. The SMILES string of the molecule is CC1C=CCC(N2c3cc(-c4ccccc4-c4ccccc4C4=c5c(c6cc(C#N)ccc6n5-c5ccccc5)=CCC4)ccc3C3C=CCCC32)C1. The highest BCUT2D eigenvalue weighted by Crippen LogP contribution is 2.50. The summed E-state index contributed by atoms with van der Waals surface area (Å²) >= 11 is 0. The maximum Gasteiger partial charge on any atom is 0.0991 e. The molecular formula is C50H43N3. The fraction of sp³-hybridized carbons (Fsp3) is 0.220. The fourth-order valence-electron chi connectivity index (χ4n) is 10.0. The first kappa shape index (κ1) is 31.9. The Labute approximate surface area is 312 Å². The average molecular weight is 686 g/mol. The van der Waals surface area contributed by atoms with Crippen molar-refractivity contribution in [1.82, 2.24) is 4.57 Å². The second-order valence-electron chi connectivity index (χ2n) is 15.4. The Hall–Kier alpha value is -5.85. The molecule has 5 aromatic carbocycles. The first-order valence-electron chi connectivity index (χ1n) is 19.5. The Balaban J connectivity index is 1.17. The molecule has 0 radical (unpaired) electrons. The monoisotopic (exact) mass is 685 g/mol. The minimum atomic E-state index is 0.472. The lowest BCUT2D eigenvalue weighted by Gasteiger charge is -2.40. The maximum absolute atomic E-state index is 9.85.